The number of carboxylic acid groups (broad SMARTS) is 1. The van der Waals surface area contributed by atoms with E-state index < -0.39 is 30.9 Å². The van der Waals surface area contributed by atoms with Crippen LogP contribution in [0.15, 0.2) is 0 Å². The van der Waals surface area contributed by atoms with Crippen molar-refractivity contribution >= 4 is 11.8 Å². The Bertz CT molecular complexity index is 525. The van der Waals surface area contributed by atoms with Gasteiger partial charge in [0, 0.05) is 31.8 Å². The number of aliphatic carboxylic acids is 1. The maximum Gasteiger partial charge on any atom is 0.183 e. The van der Waals surface area contributed by atoms with E-state index in [1.807, 2.05) is 0 Å². The second-order valence-electron chi connectivity index (χ2n) is 9.95. The van der Waals surface area contributed by atoms with Crippen molar-refractivity contribution in [1.29, 1.82) is 0 Å². The highest BCUT2D eigenvalue weighted by Crippen LogP contribution is 2.21. The molecule has 0 aromatic heterocycles. The molecule has 34 heavy (non-hydrogen) atoms. The average Bonchev–Trinajstić information content (AvgIpc) is 2.78. The van der Waals surface area contributed by atoms with Crippen molar-refractivity contribution in [2.24, 2.45) is 0 Å². The van der Waals surface area contributed by atoms with Crippen LogP contribution in [0.5, 0.6) is 0 Å². The molecule has 1 rings (SSSR count). The second-order valence-corrected chi connectivity index (χ2v) is 9.95. The molecule has 200 valence electrons. The zero-order valence-corrected chi connectivity index (χ0v) is 21.4. The molecule has 0 aromatic carbocycles. The highest BCUT2D eigenvalue weighted by Gasteiger charge is 2.34. The number of Topliss-reactive ketones (excluding diaryl/α,β-unsaturated/α-hetero) is 1. The topological polar surface area (TPSA) is 116 Å². The van der Waals surface area contributed by atoms with E-state index in [0.29, 0.717) is 19.4 Å². The normalized spacial score (nSPS) is 22.7. The van der Waals surface area contributed by atoms with Crippen molar-refractivity contribution < 1.29 is 34.4 Å². The molecule has 0 spiro atoms. The van der Waals surface area contributed by atoms with Crippen molar-refractivity contribution in [3.8, 4) is 0 Å². The van der Waals surface area contributed by atoms with Gasteiger partial charge in [0.15, 0.2) is 6.29 Å². The lowest BCUT2D eigenvalue weighted by molar-refractivity contribution is -0.304. The second kappa shape index (κ2) is 20.2. The van der Waals surface area contributed by atoms with Gasteiger partial charge in [0.1, 0.15) is 11.9 Å². The highest BCUT2D eigenvalue weighted by atomic mass is 16.7. The van der Waals surface area contributed by atoms with E-state index in [1.54, 1.807) is 6.92 Å². The minimum atomic E-state index is -1.27. The molecule has 0 aromatic rings. The summed E-state index contributed by atoms with van der Waals surface area (Å²) in [6, 6.07) is 0. The molecule has 0 aliphatic carbocycles. The molecule has 0 radical (unpaired) electrons. The Hall–Kier alpha value is -1.02. The zero-order chi connectivity index (χ0) is 25.0. The van der Waals surface area contributed by atoms with E-state index >= 15 is 0 Å². The summed E-state index contributed by atoms with van der Waals surface area (Å²) >= 11 is 0. The van der Waals surface area contributed by atoms with E-state index in [4.69, 9.17) is 9.47 Å². The van der Waals surface area contributed by atoms with Crippen LogP contribution in [0.3, 0.4) is 0 Å². The van der Waals surface area contributed by atoms with Gasteiger partial charge in [-0.3, -0.25) is 4.79 Å². The number of ether oxygens (including phenoxy) is 2. The van der Waals surface area contributed by atoms with Crippen LogP contribution < -0.4 is 5.11 Å². The summed E-state index contributed by atoms with van der Waals surface area (Å²) in [5.74, 6) is -1.48. The van der Waals surface area contributed by atoms with Crippen LogP contribution in [0.2, 0.25) is 0 Å². The summed E-state index contributed by atoms with van der Waals surface area (Å²) < 4.78 is 11.2. The van der Waals surface area contributed by atoms with E-state index in [1.165, 1.54) is 70.6 Å². The van der Waals surface area contributed by atoms with Crippen molar-refractivity contribution in [2.45, 2.75) is 154 Å². The Balaban J connectivity index is 1.74. The Labute approximate surface area is 206 Å². The van der Waals surface area contributed by atoms with E-state index in [2.05, 4.69) is 0 Å². The predicted molar refractivity (Wildman–Crippen MR) is 130 cm³/mol. The lowest BCUT2D eigenvalue weighted by Crippen LogP contribution is -2.47. The van der Waals surface area contributed by atoms with Gasteiger partial charge in [-0.15, -0.1) is 0 Å². The molecular weight excluding hydrogens is 436 g/mol. The molecule has 1 aliphatic heterocycles. The van der Waals surface area contributed by atoms with Gasteiger partial charge in [0.25, 0.3) is 0 Å². The minimum Gasteiger partial charge on any atom is -0.550 e. The van der Waals surface area contributed by atoms with Gasteiger partial charge in [-0.2, -0.15) is 0 Å². The lowest BCUT2D eigenvalue weighted by Gasteiger charge is -2.35. The fraction of sp³-hybridized carbons (Fsp3) is 0.926. The standard InChI is InChI=1S/C27H50O7/c1-22-24(29)21-25(30)27(34-22)33-19-17-15-13-11-9-7-5-3-2-4-6-8-10-12-14-16-18-23(28)20-26(31)32/h22,24-25,27,29-30H,2-21H2,1H3,(H,31,32)/p-1/t22-,24+,25+,27+/m0/s1. The van der Waals surface area contributed by atoms with E-state index in [0.717, 1.165) is 32.1 Å². The zero-order valence-electron chi connectivity index (χ0n) is 21.4. The van der Waals surface area contributed by atoms with E-state index in [9.17, 15) is 24.9 Å². The Morgan fingerprint density at radius 3 is 1.68 bits per heavy atom. The summed E-state index contributed by atoms with van der Waals surface area (Å²) in [6.07, 6.45) is 17.1. The number of rotatable bonds is 22. The summed E-state index contributed by atoms with van der Waals surface area (Å²) in [6.45, 7) is 2.39. The molecule has 1 aliphatic rings. The van der Waals surface area contributed by atoms with Crippen molar-refractivity contribution in [3.05, 3.63) is 0 Å². The molecule has 0 saturated carbocycles. The van der Waals surface area contributed by atoms with Crippen LogP contribution in [0.4, 0.5) is 0 Å². The molecule has 4 atom stereocenters. The molecule has 7 heteroatoms. The highest BCUT2D eigenvalue weighted by molar-refractivity contribution is 5.93. The Kier molecular flexibility index (Phi) is 18.4. The van der Waals surface area contributed by atoms with Crippen LogP contribution in [-0.4, -0.2) is 53.2 Å². The van der Waals surface area contributed by atoms with Crippen LogP contribution >= 0.6 is 0 Å². The van der Waals surface area contributed by atoms with Gasteiger partial charge in [-0.25, -0.2) is 0 Å². The van der Waals surface area contributed by atoms with Crippen LogP contribution in [0, 0.1) is 0 Å². The number of carbonyl (C=O) groups is 2. The van der Waals surface area contributed by atoms with Gasteiger partial charge < -0.3 is 29.6 Å². The quantitative estimate of drug-likeness (QED) is 0.174. The first-order valence-electron chi connectivity index (χ1n) is 13.7. The smallest absolute Gasteiger partial charge is 0.183 e. The monoisotopic (exact) mass is 485 g/mol. The van der Waals surface area contributed by atoms with Crippen molar-refractivity contribution in [3.63, 3.8) is 0 Å². The summed E-state index contributed by atoms with van der Waals surface area (Å²) in [5.41, 5.74) is 0. The molecule has 1 saturated heterocycles. The third kappa shape index (κ3) is 16.6. The number of carboxylic acids is 1. The molecule has 0 bridgehead atoms. The van der Waals surface area contributed by atoms with Gasteiger partial charge >= 0.3 is 0 Å². The van der Waals surface area contributed by atoms with Gasteiger partial charge in [-0.1, -0.05) is 89.9 Å². The summed E-state index contributed by atoms with van der Waals surface area (Å²) in [4.78, 5) is 21.6. The summed E-state index contributed by atoms with van der Waals surface area (Å²) in [7, 11) is 0. The van der Waals surface area contributed by atoms with Crippen LogP contribution in [0.25, 0.3) is 0 Å². The fourth-order valence-corrected chi connectivity index (χ4v) is 4.44. The molecule has 1 fully saturated rings. The molecule has 1 heterocycles. The fourth-order valence-electron chi connectivity index (χ4n) is 4.44. The van der Waals surface area contributed by atoms with Gasteiger partial charge in [0.2, 0.25) is 0 Å². The SMILES string of the molecule is C[C@@H]1O[C@@H](OCCCCCCCCCCCCCCCCCCC(=O)CC(=O)[O-])[C@H](O)C[C@H]1O. The van der Waals surface area contributed by atoms with Crippen LogP contribution in [-0.2, 0) is 19.1 Å². The molecule has 0 amide bonds. The molecule has 7 nitrogen and oxygen atoms in total. The maximum absolute atomic E-state index is 11.3. The third-order valence-electron chi connectivity index (χ3n) is 6.66. The first-order valence-corrected chi connectivity index (χ1v) is 13.7. The number of carbonyl (C=O) groups excluding carboxylic acids is 2. The number of hydrogen-bond donors (Lipinski definition) is 2. The Morgan fingerprint density at radius 2 is 1.21 bits per heavy atom. The minimum absolute atomic E-state index is 0.214. The average molecular weight is 486 g/mol. The number of aliphatic hydroxyl groups is 2. The first kappa shape index (κ1) is 31.0. The first-order chi connectivity index (χ1) is 16.4. The largest absolute Gasteiger partial charge is 0.550 e. The van der Waals surface area contributed by atoms with Crippen molar-refractivity contribution in [2.75, 3.05) is 6.61 Å². The van der Waals surface area contributed by atoms with Crippen molar-refractivity contribution in [1.82, 2.24) is 0 Å². The van der Waals surface area contributed by atoms with Crippen LogP contribution in [0.1, 0.15) is 129 Å². The summed E-state index contributed by atoms with van der Waals surface area (Å²) in [5, 5.41) is 29.9. The van der Waals surface area contributed by atoms with Gasteiger partial charge in [-0.05, 0) is 19.8 Å². The molecule has 0 unspecified atom stereocenters. The molecular formula is C27H49O7-. The predicted octanol–water partition coefficient (Wildman–Crippen LogP) is 4.20. The molecule has 2 N–H and O–H groups in total. The number of ketones is 1. The Morgan fingerprint density at radius 1 is 0.765 bits per heavy atom. The number of unbranched alkanes of at least 4 members (excludes halogenated alkanes) is 15. The van der Waals surface area contributed by atoms with Gasteiger partial charge in [0.05, 0.1) is 12.2 Å². The lowest BCUT2D eigenvalue weighted by atomic mass is 10.0. The number of hydrogen-bond acceptors (Lipinski definition) is 7. The number of aliphatic hydroxyl groups excluding tert-OH is 2. The van der Waals surface area contributed by atoms with E-state index in [-0.39, 0.29) is 11.9 Å². The third-order valence-corrected chi connectivity index (χ3v) is 6.66. The maximum atomic E-state index is 11.3.